The van der Waals surface area contributed by atoms with Crippen molar-refractivity contribution in [3.8, 4) is 22.6 Å². The second kappa shape index (κ2) is 8.26. The second-order valence-electron chi connectivity index (χ2n) is 7.02. The molecule has 0 bridgehead atoms. The summed E-state index contributed by atoms with van der Waals surface area (Å²) in [4.78, 5) is 21.2. The van der Waals surface area contributed by atoms with Crippen LogP contribution in [0.3, 0.4) is 0 Å². The van der Waals surface area contributed by atoms with Crippen LogP contribution in [0.2, 0.25) is 0 Å². The molecule has 1 aromatic carbocycles. The van der Waals surface area contributed by atoms with E-state index in [1.165, 1.54) is 6.20 Å². The highest BCUT2D eigenvalue weighted by Crippen LogP contribution is 2.27. The van der Waals surface area contributed by atoms with Crippen LogP contribution in [0.15, 0.2) is 42.7 Å². The van der Waals surface area contributed by atoms with Crippen LogP contribution in [0.1, 0.15) is 12.8 Å². The molecule has 29 heavy (non-hydrogen) atoms. The van der Waals surface area contributed by atoms with E-state index in [0.717, 1.165) is 29.7 Å². The van der Waals surface area contributed by atoms with E-state index in [1.807, 2.05) is 35.2 Å². The van der Waals surface area contributed by atoms with Gasteiger partial charge in [0.25, 0.3) is 0 Å². The molecule has 1 amide bonds. The number of piperidine rings is 1. The van der Waals surface area contributed by atoms with Gasteiger partial charge in [0.1, 0.15) is 0 Å². The molecule has 2 aromatic heterocycles. The molecule has 1 saturated heterocycles. The van der Waals surface area contributed by atoms with Gasteiger partial charge in [-0.2, -0.15) is 5.10 Å². The molecular weight excluding hydrogens is 375 g/mol. The fraction of sp³-hybridized carbons (Fsp3) is 0.300. The number of aromatic amines is 1. The fourth-order valence-corrected chi connectivity index (χ4v) is 3.54. The topological polar surface area (TPSA) is 107 Å². The number of benzene rings is 1. The molecule has 1 aliphatic rings. The standard InChI is InChI=1S/C20H21FN6O2/c21-16-12-22-18(15-3-1-2-14(10-15)17-4-7-24-26-17)25-19(16)27-8-5-13(6-9-27)11-23-20(28)29/h1-4,7,10,12-13,23H,5-6,8-9,11H2,(H,24,26)(H,28,29). The number of carboxylic acid groups (broad SMARTS) is 1. The Morgan fingerprint density at radius 1 is 1.28 bits per heavy atom. The number of nitrogens with zero attached hydrogens (tertiary/aromatic N) is 4. The van der Waals surface area contributed by atoms with Gasteiger partial charge in [-0.3, -0.25) is 5.10 Å². The van der Waals surface area contributed by atoms with Crippen LogP contribution in [0.25, 0.3) is 22.6 Å². The van der Waals surface area contributed by atoms with Gasteiger partial charge in [0.05, 0.1) is 11.9 Å². The average Bonchev–Trinajstić information content (AvgIpc) is 3.28. The summed E-state index contributed by atoms with van der Waals surface area (Å²) in [5, 5.41) is 18.1. The number of nitrogens with one attached hydrogen (secondary N) is 2. The summed E-state index contributed by atoms with van der Waals surface area (Å²) in [5.74, 6) is 0.523. The van der Waals surface area contributed by atoms with Crippen LogP contribution in [0.4, 0.5) is 15.0 Å². The monoisotopic (exact) mass is 396 g/mol. The van der Waals surface area contributed by atoms with Gasteiger partial charge in [-0.15, -0.1) is 0 Å². The van der Waals surface area contributed by atoms with E-state index in [2.05, 4.69) is 25.5 Å². The van der Waals surface area contributed by atoms with Crippen molar-refractivity contribution in [3.05, 3.63) is 48.5 Å². The number of H-pyrrole nitrogens is 1. The molecule has 3 aromatic rings. The molecule has 0 saturated carbocycles. The van der Waals surface area contributed by atoms with E-state index in [4.69, 9.17) is 5.11 Å². The number of hydrogen-bond acceptors (Lipinski definition) is 5. The third-order valence-corrected chi connectivity index (χ3v) is 5.10. The lowest BCUT2D eigenvalue weighted by molar-refractivity contribution is 0.191. The third-order valence-electron chi connectivity index (χ3n) is 5.10. The minimum Gasteiger partial charge on any atom is -0.465 e. The Balaban J connectivity index is 1.52. The van der Waals surface area contributed by atoms with Gasteiger partial charge in [0, 0.05) is 37.0 Å². The first-order valence-electron chi connectivity index (χ1n) is 9.45. The van der Waals surface area contributed by atoms with Crippen molar-refractivity contribution >= 4 is 11.9 Å². The van der Waals surface area contributed by atoms with E-state index in [9.17, 15) is 9.18 Å². The normalized spacial score (nSPS) is 14.7. The Kier molecular flexibility index (Phi) is 5.37. The molecule has 9 heteroatoms. The minimum atomic E-state index is -1.02. The Morgan fingerprint density at radius 3 is 2.79 bits per heavy atom. The Morgan fingerprint density at radius 2 is 2.07 bits per heavy atom. The molecule has 150 valence electrons. The van der Waals surface area contributed by atoms with Crippen LogP contribution in [-0.2, 0) is 0 Å². The van der Waals surface area contributed by atoms with Crippen LogP contribution in [0.5, 0.6) is 0 Å². The highest BCUT2D eigenvalue weighted by molar-refractivity contribution is 5.68. The Hall–Kier alpha value is -3.49. The number of halogens is 1. The fourth-order valence-electron chi connectivity index (χ4n) is 3.54. The Labute approximate surface area is 166 Å². The van der Waals surface area contributed by atoms with Crippen molar-refractivity contribution in [1.82, 2.24) is 25.5 Å². The SMILES string of the molecule is O=C(O)NCC1CCN(c2nc(-c3cccc(-c4cc[nH]n4)c3)ncc2F)CC1. The lowest BCUT2D eigenvalue weighted by Gasteiger charge is -2.32. The van der Waals surface area contributed by atoms with Crippen LogP contribution < -0.4 is 10.2 Å². The predicted octanol–water partition coefficient (Wildman–Crippen LogP) is 3.16. The van der Waals surface area contributed by atoms with E-state index < -0.39 is 11.9 Å². The zero-order chi connectivity index (χ0) is 20.2. The number of anilines is 1. The van der Waals surface area contributed by atoms with Gasteiger partial charge in [0.15, 0.2) is 17.5 Å². The number of rotatable bonds is 5. The summed E-state index contributed by atoms with van der Waals surface area (Å²) >= 11 is 0. The van der Waals surface area contributed by atoms with Gasteiger partial charge in [-0.25, -0.2) is 19.2 Å². The van der Waals surface area contributed by atoms with Crippen molar-refractivity contribution in [2.75, 3.05) is 24.5 Å². The maximum atomic E-state index is 14.5. The largest absolute Gasteiger partial charge is 0.465 e. The average molecular weight is 396 g/mol. The summed E-state index contributed by atoms with van der Waals surface area (Å²) < 4.78 is 14.5. The molecule has 0 aliphatic carbocycles. The zero-order valence-electron chi connectivity index (χ0n) is 15.7. The predicted molar refractivity (Wildman–Crippen MR) is 106 cm³/mol. The maximum absolute atomic E-state index is 14.5. The first-order valence-corrected chi connectivity index (χ1v) is 9.45. The smallest absolute Gasteiger partial charge is 0.404 e. The number of aromatic nitrogens is 4. The molecule has 1 aliphatic heterocycles. The number of carbonyl (C=O) groups is 1. The van der Waals surface area contributed by atoms with Crippen molar-refractivity contribution in [3.63, 3.8) is 0 Å². The molecule has 3 N–H and O–H groups in total. The molecule has 4 rings (SSSR count). The molecule has 0 spiro atoms. The Bertz CT molecular complexity index is 986. The minimum absolute atomic E-state index is 0.247. The first kappa shape index (κ1) is 18.9. The first-order chi connectivity index (χ1) is 14.1. The highest BCUT2D eigenvalue weighted by Gasteiger charge is 2.23. The van der Waals surface area contributed by atoms with E-state index in [0.29, 0.717) is 25.5 Å². The molecular formula is C20H21FN6O2. The molecule has 8 nitrogen and oxygen atoms in total. The van der Waals surface area contributed by atoms with E-state index >= 15 is 0 Å². The summed E-state index contributed by atoms with van der Waals surface area (Å²) in [6.07, 6.45) is 3.48. The summed E-state index contributed by atoms with van der Waals surface area (Å²) in [7, 11) is 0. The molecule has 1 fully saturated rings. The molecule has 0 unspecified atom stereocenters. The summed E-state index contributed by atoms with van der Waals surface area (Å²) in [6, 6.07) is 9.53. The van der Waals surface area contributed by atoms with Crippen molar-refractivity contribution in [2.45, 2.75) is 12.8 Å². The van der Waals surface area contributed by atoms with Gasteiger partial charge in [-0.05, 0) is 30.9 Å². The van der Waals surface area contributed by atoms with Gasteiger partial charge >= 0.3 is 6.09 Å². The molecule has 3 heterocycles. The van der Waals surface area contributed by atoms with Gasteiger partial charge in [0.2, 0.25) is 0 Å². The van der Waals surface area contributed by atoms with Crippen molar-refractivity contribution in [1.29, 1.82) is 0 Å². The van der Waals surface area contributed by atoms with Crippen LogP contribution in [-0.4, -0.2) is 51.0 Å². The van der Waals surface area contributed by atoms with Crippen molar-refractivity contribution < 1.29 is 14.3 Å². The van der Waals surface area contributed by atoms with Crippen LogP contribution >= 0.6 is 0 Å². The summed E-state index contributed by atoms with van der Waals surface area (Å²) in [5.41, 5.74) is 2.52. The summed E-state index contributed by atoms with van der Waals surface area (Å²) in [6.45, 7) is 1.65. The quantitative estimate of drug-likeness (QED) is 0.612. The molecule has 0 radical (unpaired) electrons. The lowest BCUT2D eigenvalue weighted by Crippen LogP contribution is -2.39. The lowest BCUT2D eigenvalue weighted by atomic mass is 9.97. The third kappa shape index (κ3) is 4.34. The highest BCUT2D eigenvalue weighted by atomic mass is 19.1. The number of amides is 1. The molecule has 0 atom stereocenters. The maximum Gasteiger partial charge on any atom is 0.404 e. The van der Waals surface area contributed by atoms with Gasteiger partial charge < -0.3 is 15.3 Å². The zero-order valence-corrected chi connectivity index (χ0v) is 15.7. The number of hydrogen-bond donors (Lipinski definition) is 3. The second-order valence-corrected chi connectivity index (χ2v) is 7.02. The van der Waals surface area contributed by atoms with Crippen molar-refractivity contribution in [2.24, 2.45) is 5.92 Å². The van der Waals surface area contributed by atoms with Gasteiger partial charge in [-0.1, -0.05) is 18.2 Å². The van der Waals surface area contributed by atoms with Crippen LogP contribution in [0, 0.1) is 11.7 Å². The van der Waals surface area contributed by atoms with E-state index in [1.54, 1.807) is 6.20 Å². The van der Waals surface area contributed by atoms with E-state index in [-0.39, 0.29) is 11.7 Å².